The van der Waals surface area contributed by atoms with Crippen molar-refractivity contribution >= 4 is 35.3 Å². The molecule has 2 aromatic carbocycles. The predicted molar refractivity (Wildman–Crippen MR) is 128 cm³/mol. The first kappa shape index (κ1) is 26.1. The largest absolute Gasteiger partial charge is 0.508 e. The molecule has 0 radical (unpaired) electrons. The Hall–Kier alpha value is -3.47. The minimum absolute atomic E-state index is 0.0522. The van der Waals surface area contributed by atoms with Crippen LogP contribution in [0.4, 0.5) is 0 Å². The number of phenols is 1. The summed E-state index contributed by atoms with van der Waals surface area (Å²) in [6.07, 6.45) is 1.02. The maximum Gasteiger partial charge on any atom is 0.322 e. The van der Waals surface area contributed by atoms with Crippen molar-refractivity contribution in [3.05, 3.63) is 64.2 Å². The molecular weight excluding hydrogens is 476 g/mol. The third-order valence-corrected chi connectivity index (χ3v) is 5.94. The minimum atomic E-state index is -1.23. The molecule has 0 spiro atoms. The molecular formula is C24H27ClN4O6. The molecule has 3 rings (SSSR count). The van der Waals surface area contributed by atoms with Crippen molar-refractivity contribution in [1.29, 1.82) is 0 Å². The molecule has 186 valence electrons. The van der Waals surface area contributed by atoms with Crippen LogP contribution < -0.4 is 16.1 Å². The Morgan fingerprint density at radius 3 is 2.49 bits per heavy atom. The van der Waals surface area contributed by atoms with Gasteiger partial charge in [-0.15, -0.1) is 0 Å². The van der Waals surface area contributed by atoms with Gasteiger partial charge in [-0.05, 0) is 68.8 Å². The van der Waals surface area contributed by atoms with Crippen LogP contribution in [0.3, 0.4) is 0 Å². The normalized spacial score (nSPS) is 14.7. The zero-order valence-corrected chi connectivity index (χ0v) is 19.8. The van der Waals surface area contributed by atoms with E-state index in [2.05, 4.69) is 16.1 Å². The van der Waals surface area contributed by atoms with E-state index in [-0.39, 0.29) is 28.4 Å². The van der Waals surface area contributed by atoms with Crippen molar-refractivity contribution < 1.29 is 29.4 Å². The topological polar surface area (TPSA) is 148 Å². The van der Waals surface area contributed by atoms with E-state index in [9.17, 15) is 29.4 Å². The molecule has 0 saturated carbocycles. The second-order valence-electron chi connectivity index (χ2n) is 8.24. The first-order valence-corrected chi connectivity index (χ1v) is 11.5. The van der Waals surface area contributed by atoms with Crippen LogP contribution in [0.25, 0.3) is 0 Å². The van der Waals surface area contributed by atoms with E-state index in [1.807, 2.05) is 0 Å². The highest BCUT2D eigenvalue weighted by molar-refractivity contribution is 6.34. The maximum atomic E-state index is 13.3. The Bertz CT molecular complexity index is 1120. The summed E-state index contributed by atoms with van der Waals surface area (Å²) in [7, 11) is 0. The maximum absolute atomic E-state index is 13.3. The molecule has 1 atom stereocenters. The second-order valence-corrected chi connectivity index (χ2v) is 8.65. The monoisotopic (exact) mass is 502 g/mol. The van der Waals surface area contributed by atoms with E-state index in [0.29, 0.717) is 31.5 Å². The molecule has 0 bridgehead atoms. The number of halogens is 1. The number of carboxylic acids is 1. The van der Waals surface area contributed by atoms with E-state index in [1.165, 1.54) is 37.3 Å². The standard InChI is InChI=1S/C24H27ClN4O6/c1-14(24(34)35)28-29(22(32)16-7-9-26-10-8-16)23(33)19-6-5-17(12-20(19)25)21(31)27-13-15-3-2-4-18(30)11-15/h2-6,11-12,14,16,26,28,30H,7-10,13H2,1H3,(H,27,31)(H,34,35)/t14-/m0/s1. The number of piperidine rings is 1. The highest BCUT2D eigenvalue weighted by atomic mass is 35.5. The fourth-order valence-corrected chi connectivity index (χ4v) is 3.89. The SMILES string of the molecule is C[C@H](NN(C(=O)c1ccc(C(=O)NCc2cccc(O)c2)cc1Cl)C(=O)C1CCNCC1)C(=O)O. The van der Waals surface area contributed by atoms with Crippen LogP contribution in [-0.2, 0) is 16.1 Å². The van der Waals surface area contributed by atoms with Crippen LogP contribution in [-0.4, -0.2) is 58.0 Å². The van der Waals surface area contributed by atoms with E-state index in [1.54, 1.807) is 12.1 Å². The summed E-state index contributed by atoms with van der Waals surface area (Å²) in [4.78, 5) is 50.3. The van der Waals surface area contributed by atoms with Crippen molar-refractivity contribution in [2.75, 3.05) is 13.1 Å². The van der Waals surface area contributed by atoms with Crippen molar-refractivity contribution in [3.8, 4) is 5.75 Å². The molecule has 5 N–H and O–H groups in total. The lowest BCUT2D eigenvalue weighted by Gasteiger charge is -2.30. The third-order valence-electron chi connectivity index (χ3n) is 5.63. The summed E-state index contributed by atoms with van der Waals surface area (Å²) in [6.45, 7) is 2.71. The summed E-state index contributed by atoms with van der Waals surface area (Å²) in [5.41, 5.74) is 3.31. The number of hydrogen-bond donors (Lipinski definition) is 5. The fourth-order valence-electron chi connectivity index (χ4n) is 3.62. The summed E-state index contributed by atoms with van der Waals surface area (Å²) in [6, 6.07) is 9.26. The van der Waals surface area contributed by atoms with Crippen LogP contribution in [0.5, 0.6) is 5.75 Å². The number of carbonyl (C=O) groups is 4. The van der Waals surface area contributed by atoms with Gasteiger partial charge in [0.1, 0.15) is 11.8 Å². The molecule has 0 aliphatic carbocycles. The highest BCUT2D eigenvalue weighted by Crippen LogP contribution is 2.22. The molecule has 2 aromatic rings. The number of phenolic OH excluding ortho intramolecular Hbond substituents is 1. The van der Waals surface area contributed by atoms with Crippen LogP contribution in [0.15, 0.2) is 42.5 Å². The zero-order chi connectivity index (χ0) is 25.5. The van der Waals surface area contributed by atoms with Crippen molar-refractivity contribution in [2.24, 2.45) is 5.92 Å². The molecule has 1 heterocycles. The molecule has 10 nitrogen and oxygen atoms in total. The number of aromatic hydroxyl groups is 1. The number of amides is 3. The van der Waals surface area contributed by atoms with E-state index in [0.717, 1.165) is 5.01 Å². The molecule has 0 unspecified atom stereocenters. The molecule has 1 aliphatic rings. The number of hydrazine groups is 1. The van der Waals surface area contributed by atoms with Crippen LogP contribution in [0.2, 0.25) is 5.02 Å². The molecule has 11 heteroatoms. The summed E-state index contributed by atoms with van der Waals surface area (Å²) < 4.78 is 0. The van der Waals surface area contributed by atoms with Gasteiger partial charge < -0.3 is 20.8 Å². The number of imide groups is 1. The number of aliphatic carboxylic acids is 1. The van der Waals surface area contributed by atoms with Gasteiger partial charge in [-0.1, -0.05) is 23.7 Å². The van der Waals surface area contributed by atoms with Gasteiger partial charge in [-0.25, -0.2) is 10.4 Å². The number of nitrogens with one attached hydrogen (secondary N) is 3. The lowest BCUT2D eigenvalue weighted by molar-refractivity contribution is -0.143. The average molecular weight is 503 g/mol. The van der Waals surface area contributed by atoms with Gasteiger partial charge in [0.2, 0.25) is 5.91 Å². The smallest absolute Gasteiger partial charge is 0.322 e. The van der Waals surface area contributed by atoms with E-state index in [4.69, 9.17) is 11.6 Å². The van der Waals surface area contributed by atoms with Crippen molar-refractivity contribution in [1.82, 2.24) is 21.1 Å². The summed E-state index contributed by atoms with van der Waals surface area (Å²) in [5.74, 6) is -3.39. The summed E-state index contributed by atoms with van der Waals surface area (Å²) >= 11 is 6.31. The van der Waals surface area contributed by atoms with Gasteiger partial charge >= 0.3 is 5.97 Å². The van der Waals surface area contributed by atoms with E-state index >= 15 is 0 Å². The summed E-state index contributed by atoms with van der Waals surface area (Å²) in [5, 5.41) is 25.3. The van der Waals surface area contributed by atoms with Gasteiger partial charge in [0.15, 0.2) is 0 Å². The minimum Gasteiger partial charge on any atom is -0.508 e. The Morgan fingerprint density at radius 2 is 1.86 bits per heavy atom. The Labute approximate surface area is 207 Å². The lowest BCUT2D eigenvalue weighted by atomic mass is 9.96. The first-order chi connectivity index (χ1) is 16.7. The molecule has 35 heavy (non-hydrogen) atoms. The molecule has 3 amide bonds. The Kier molecular flexibility index (Phi) is 8.80. The number of nitrogens with zero attached hydrogens (tertiary/aromatic N) is 1. The first-order valence-electron chi connectivity index (χ1n) is 11.1. The predicted octanol–water partition coefficient (Wildman–Crippen LogP) is 1.92. The Balaban J connectivity index is 1.77. The van der Waals surface area contributed by atoms with Gasteiger partial charge in [0.05, 0.1) is 10.6 Å². The Morgan fingerprint density at radius 1 is 1.14 bits per heavy atom. The van der Waals surface area contributed by atoms with E-state index < -0.39 is 35.7 Å². The molecule has 1 fully saturated rings. The van der Waals surface area contributed by atoms with Gasteiger partial charge in [-0.2, -0.15) is 0 Å². The average Bonchev–Trinajstić information content (AvgIpc) is 2.85. The zero-order valence-electron chi connectivity index (χ0n) is 19.1. The quantitative estimate of drug-likeness (QED) is 0.271. The van der Waals surface area contributed by atoms with Crippen LogP contribution in [0.1, 0.15) is 46.0 Å². The molecule has 1 aliphatic heterocycles. The van der Waals surface area contributed by atoms with Crippen LogP contribution >= 0.6 is 11.6 Å². The lowest BCUT2D eigenvalue weighted by Crippen LogP contribution is -2.55. The molecule has 1 saturated heterocycles. The second kappa shape index (κ2) is 11.8. The fraction of sp³-hybridized carbons (Fsp3) is 0.333. The van der Waals surface area contributed by atoms with Gasteiger partial charge in [-0.3, -0.25) is 19.2 Å². The van der Waals surface area contributed by atoms with Crippen molar-refractivity contribution in [2.45, 2.75) is 32.4 Å². The highest BCUT2D eigenvalue weighted by Gasteiger charge is 2.33. The molecule has 0 aromatic heterocycles. The van der Waals surface area contributed by atoms with Gasteiger partial charge in [0, 0.05) is 18.0 Å². The number of hydrogen-bond acceptors (Lipinski definition) is 7. The number of rotatable bonds is 8. The number of carboxylic acid groups (broad SMARTS) is 1. The number of carbonyl (C=O) groups excluding carboxylic acids is 3. The van der Waals surface area contributed by atoms with Crippen LogP contribution in [0, 0.1) is 5.92 Å². The number of benzene rings is 2. The van der Waals surface area contributed by atoms with Crippen molar-refractivity contribution in [3.63, 3.8) is 0 Å². The third kappa shape index (κ3) is 6.78. The van der Waals surface area contributed by atoms with Gasteiger partial charge in [0.25, 0.3) is 11.8 Å².